The zero-order valence-electron chi connectivity index (χ0n) is 11.9. The molecule has 0 saturated heterocycles. The van der Waals surface area contributed by atoms with Crippen molar-refractivity contribution in [2.24, 2.45) is 0 Å². The van der Waals surface area contributed by atoms with Crippen molar-refractivity contribution >= 4 is 0 Å². The molecule has 3 nitrogen and oxygen atoms in total. The summed E-state index contributed by atoms with van der Waals surface area (Å²) in [6.07, 6.45) is 9.70. The molecular weight excluding hydrogens is 222 g/mol. The lowest BCUT2D eigenvalue weighted by Gasteiger charge is -2.35. The van der Waals surface area contributed by atoms with Gasteiger partial charge in [-0.25, -0.2) is 0 Å². The van der Waals surface area contributed by atoms with Crippen molar-refractivity contribution in [2.45, 2.75) is 75.9 Å². The Morgan fingerprint density at radius 3 is 2.50 bits per heavy atom. The summed E-state index contributed by atoms with van der Waals surface area (Å²) in [6.45, 7) is 3.27. The fraction of sp³-hybridized carbons (Fsp3) is 0.933. The molecule has 18 heavy (non-hydrogen) atoms. The number of nitrogens with one attached hydrogen (secondary N) is 1. The minimum Gasteiger partial charge on any atom is -0.303 e. The summed E-state index contributed by atoms with van der Waals surface area (Å²) in [4.78, 5) is 2.48. The van der Waals surface area contributed by atoms with Gasteiger partial charge in [0.15, 0.2) is 0 Å². The van der Waals surface area contributed by atoms with Crippen LogP contribution in [0.5, 0.6) is 0 Å². The van der Waals surface area contributed by atoms with Gasteiger partial charge in [-0.05, 0) is 58.5 Å². The maximum absolute atomic E-state index is 9.46. The molecule has 0 heterocycles. The molecule has 2 saturated carbocycles. The van der Waals surface area contributed by atoms with E-state index in [1.54, 1.807) is 0 Å². The third-order valence-corrected chi connectivity index (χ3v) is 4.69. The normalized spacial score (nSPS) is 23.4. The van der Waals surface area contributed by atoms with Crippen molar-refractivity contribution in [1.82, 2.24) is 10.2 Å². The minimum atomic E-state index is -0.262. The SMILES string of the molecule is CCC(C#N)(CCCN(C)C1CCC1)NC1CC1. The van der Waals surface area contributed by atoms with E-state index in [9.17, 15) is 5.26 Å². The zero-order valence-corrected chi connectivity index (χ0v) is 11.9. The smallest absolute Gasteiger partial charge is 0.106 e. The fourth-order valence-electron chi connectivity index (χ4n) is 2.78. The second kappa shape index (κ2) is 6.04. The Bertz CT molecular complexity index is 301. The van der Waals surface area contributed by atoms with Crippen molar-refractivity contribution in [2.75, 3.05) is 13.6 Å². The number of hydrogen-bond acceptors (Lipinski definition) is 3. The van der Waals surface area contributed by atoms with Crippen LogP contribution in [0.1, 0.15) is 58.3 Å². The molecule has 3 heteroatoms. The van der Waals surface area contributed by atoms with Gasteiger partial charge < -0.3 is 4.90 Å². The number of nitrogens with zero attached hydrogens (tertiary/aromatic N) is 2. The Morgan fingerprint density at radius 1 is 1.33 bits per heavy atom. The highest BCUT2D eigenvalue weighted by atomic mass is 15.1. The van der Waals surface area contributed by atoms with Gasteiger partial charge in [0.1, 0.15) is 5.54 Å². The van der Waals surface area contributed by atoms with Gasteiger partial charge in [-0.15, -0.1) is 0 Å². The molecule has 0 bridgehead atoms. The van der Waals surface area contributed by atoms with E-state index in [0.717, 1.165) is 31.8 Å². The lowest BCUT2D eigenvalue weighted by Crippen LogP contribution is -2.45. The summed E-state index contributed by atoms with van der Waals surface area (Å²) in [5.74, 6) is 0. The van der Waals surface area contributed by atoms with Gasteiger partial charge >= 0.3 is 0 Å². The van der Waals surface area contributed by atoms with Crippen LogP contribution in [0.15, 0.2) is 0 Å². The van der Waals surface area contributed by atoms with Crippen LogP contribution in [0, 0.1) is 11.3 Å². The summed E-state index contributed by atoms with van der Waals surface area (Å²) < 4.78 is 0. The molecule has 0 aromatic heterocycles. The highest BCUT2D eigenvalue weighted by Crippen LogP contribution is 2.28. The topological polar surface area (TPSA) is 39.1 Å². The van der Waals surface area contributed by atoms with Crippen LogP contribution < -0.4 is 5.32 Å². The molecule has 1 atom stereocenters. The molecule has 1 unspecified atom stereocenters. The van der Waals surface area contributed by atoms with Gasteiger partial charge in [-0.3, -0.25) is 5.32 Å². The third kappa shape index (κ3) is 3.46. The first-order valence-electron chi connectivity index (χ1n) is 7.58. The van der Waals surface area contributed by atoms with Crippen LogP contribution in [0.3, 0.4) is 0 Å². The summed E-state index contributed by atoms with van der Waals surface area (Å²) in [5, 5.41) is 13.0. The van der Waals surface area contributed by atoms with Crippen molar-refractivity contribution in [1.29, 1.82) is 5.26 Å². The Labute approximate surface area is 112 Å². The van der Waals surface area contributed by atoms with Crippen molar-refractivity contribution in [3.63, 3.8) is 0 Å². The quantitative estimate of drug-likeness (QED) is 0.719. The van der Waals surface area contributed by atoms with Crippen LogP contribution in [0.4, 0.5) is 0 Å². The Kier molecular flexibility index (Phi) is 4.64. The van der Waals surface area contributed by atoms with E-state index < -0.39 is 0 Å². The average Bonchev–Trinajstić information content (AvgIpc) is 3.09. The van der Waals surface area contributed by atoms with E-state index in [4.69, 9.17) is 0 Å². The fourth-order valence-corrected chi connectivity index (χ4v) is 2.78. The van der Waals surface area contributed by atoms with Crippen LogP contribution in [-0.4, -0.2) is 36.1 Å². The molecule has 2 aliphatic carbocycles. The first kappa shape index (κ1) is 13.8. The average molecular weight is 249 g/mol. The van der Waals surface area contributed by atoms with Crippen LogP contribution in [0.25, 0.3) is 0 Å². The van der Waals surface area contributed by atoms with Crippen molar-refractivity contribution in [3.8, 4) is 6.07 Å². The summed E-state index contributed by atoms with van der Waals surface area (Å²) in [6, 6.07) is 3.98. The number of hydrogen-bond donors (Lipinski definition) is 1. The Balaban J connectivity index is 1.72. The van der Waals surface area contributed by atoms with E-state index >= 15 is 0 Å². The first-order valence-corrected chi connectivity index (χ1v) is 7.58. The molecular formula is C15H27N3. The standard InChI is InChI=1S/C15H27N3/c1-3-15(12-16,17-13-8-9-13)10-5-11-18(2)14-6-4-7-14/h13-14,17H,3-11H2,1-2H3. The summed E-state index contributed by atoms with van der Waals surface area (Å²) in [7, 11) is 2.23. The van der Waals surface area contributed by atoms with E-state index in [0.29, 0.717) is 6.04 Å². The van der Waals surface area contributed by atoms with Crippen molar-refractivity contribution in [3.05, 3.63) is 0 Å². The Hall–Kier alpha value is -0.590. The third-order valence-electron chi connectivity index (χ3n) is 4.69. The largest absolute Gasteiger partial charge is 0.303 e. The van der Waals surface area contributed by atoms with Crippen LogP contribution >= 0.6 is 0 Å². The molecule has 1 N–H and O–H groups in total. The number of nitriles is 1. The molecule has 0 aromatic carbocycles. The van der Waals surface area contributed by atoms with Crippen molar-refractivity contribution < 1.29 is 0 Å². The number of rotatable bonds is 8. The maximum atomic E-state index is 9.46. The predicted octanol–water partition coefficient (Wildman–Crippen LogP) is 2.68. The van der Waals surface area contributed by atoms with Gasteiger partial charge in [0.25, 0.3) is 0 Å². The molecule has 0 amide bonds. The van der Waals surface area contributed by atoms with Gasteiger partial charge in [-0.1, -0.05) is 13.3 Å². The second-order valence-electron chi connectivity index (χ2n) is 6.13. The highest BCUT2D eigenvalue weighted by molar-refractivity contribution is 5.09. The lowest BCUT2D eigenvalue weighted by molar-refractivity contribution is 0.153. The van der Waals surface area contributed by atoms with Crippen LogP contribution in [0.2, 0.25) is 0 Å². The Morgan fingerprint density at radius 2 is 2.06 bits per heavy atom. The monoisotopic (exact) mass is 249 g/mol. The van der Waals surface area contributed by atoms with Gasteiger partial charge in [0, 0.05) is 12.1 Å². The van der Waals surface area contributed by atoms with E-state index in [-0.39, 0.29) is 5.54 Å². The molecule has 102 valence electrons. The van der Waals surface area contributed by atoms with E-state index in [1.807, 2.05) is 0 Å². The molecule has 0 radical (unpaired) electrons. The second-order valence-corrected chi connectivity index (χ2v) is 6.13. The molecule has 0 aromatic rings. The van der Waals surface area contributed by atoms with E-state index in [2.05, 4.69) is 30.3 Å². The minimum absolute atomic E-state index is 0.262. The lowest BCUT2D eigenvalue weighted by atomic mass is 9.89. The molecule has 2 fully saturated rings. The summed E-state index contributed by atoms with van der Waals surface area (Å²) in [5.41, 5.74) is -0.262. The maximum Gasteiger partial charge on any atom is 0.106 e. The molecule has 0 spiro atoms. The predicted molar refractivity (Wildman–Crippen MR) is 74.3 cm³/mol. The van der Waals surface area contributed by atoms with E-state index in [1.165, 1.54) is 32.1 Å². The van der Waals surface area contributed by atoms with Gasteiger partial charge in [0.05, 0.1) is 6.07 Å². The van der Waals surface area contributed by atoms with Gasteiger partial charge in [-0.2, -0.15) is 5.26 Å². The molecule has 2 aliphatic rings. The zero-order chi connectivity index (χ0) is 13.0. The highest BCUT2D eigenvalue weighted by Gasteiger charge is 2.34. The first-order chi connectivity index (χ1) is 8.69. The van der Waals surface area contributed by atoms with Gasteiger partial charge in [0.2, 0.25) is 0 Å². The molecule has 2 rings (SSSR count). The van der Waals surface area contributed by atoms with Crippen LogP contribution in [-0.2, 0) is 0 Å². The summed E-state index contributed by atoms with van der Waals surface area (Å²) >= 11 is 0. The molecule has 0 aliphatic heterocycles.